The molecule has 1 aliphatic heterocycles. The normalized spacial score (nSPS) is 17.7. The zero-order chi connectivity index (χ0) is 20.1. The fraction of sp³-hybridized carbons (Fsp3) is 0.364. The van der Waals surface area contributed by atoms with E-state index in [-0.39, 0.29) is 29.7 Å². The Bertz CT molecular complexity index is 1030. The number of hydrogen-bond acceptors (Lipinski definition) is 2. The van der Waals surface area contributed by atoms with Gasteiger partial charge in [-0.15, -0.1) is 0 Å². The van der Waals surface area contributed by atoms with E-state index in [2.05, 4.69) is 0 Å². The summed E-state index contributed by atoms with van der Waals surface area (Å²) in [4.78, 5) is 19.3. The molecule has 0 unspecified atom stereocenters. The van der Waals surface area contributed by atoms with Crippen LogP contribution in [0.2, 0.25) is 5.02 Å². The molecule has 1 fully saturated rings. The number of halogens is 2. The zero-order valence-electron chi connectivity index (χ0n) is 16.2. The molecule has 0 saturated carbocycles. The topological polar surface area (TPSA) is 38.1 Å². The van der Waals surface area contributed by atoms with E-state index in [1.165, 1.54) is 6.07 Å². The van der Waals surface area contributed by atoms with Crippen molar-refractivity contribution in [2.24, 2.45) is 0 Å². The number of nitrogens with zero attached hydrogens (tertiary/aromatic N) is 3. The summed E-state index contributed by atoms with van der Waals surface area (Å²) < 4.78 is 16.5. The maximum Gasteiger partial charge on any atom is 0.223 e. The highest BCUT2D eigenvalue weighted by atomic mass is 35.5. The third kappa shape index (κ3) is 3.28. The second kappa shape index (κ2) is 6.89. The standard InChI is InChI=1S/C22H23ClFN3O/c1-22(2,3)27-12-14(11-20(27)28)21-25-18-9-4-5-10-19(18)26(21)13-15-16(23)7-6-8-17(15)24/h4-10,14H,11-13H2,1-3H3/t14-/m1/s1. The fourth-order valence-corrected chi connectivity index (χ4v) is 4.16. The van der Waals surface area contributed by atoms with Crippen molar-refractivity contribution >= 4 is 28.5 Å². The van der Waals surface area contributed by atoms with Crippen LogP contribution in [0.5, 0.6) is 0 Å². The summed E-state index contributed by atoms with van der Waals surface area (Å²) in [6.07, 6.45) is 0.408. The van der Waals surface area contributed by atoms with Gasteiger partial charge in [-0.05, 0) is 45.0 Å². The predicted molar refractivity (Wildman–Crippen MR) is 109 cm³/mol. The Kier molecular flexibility index (Phi) is 4.66. The van der Waals surface area contributed by atoms with E-state index in [4.69, 9.17) is 16.6 Å². The van der Waals surface area contributed by atoms with Gasteiger partial charge in [-0.3, -0.25) is 4.79 Å². The van der Waals surface area contributed by atoms with E-state index in [1.807, 2.05) is 54.5 Å². The highest BCUT2D eigenvalue weighted by molar-refractivity contribution is 6.31. The number of imidazole rings is 1. The molecule has 0 aliphatic carbocycles. The summed E-state index contributed by atoms with van der Waals surface area (Å²) >= 11 is 6.28. The van der Waals surface area contributed by atoms with Crippen LogP contribution in [0.15, 0.2) is 42.5 Å². The van der Waals surface area contributed by atoms with Crippen molar-refractivity contribution in [2.45, 2.75) is 45.2 Å². The number of benzene rings is 2. The molecule has 2 heterocycles. The van der Waals surface area contributed by atoms with Gasteiger partial charge in [0.2, 0.25) is 5.91 Å². The van der Waals surface area contributed by atoms with Gasteiger partial charge in [0.05, 0.1) is 17.6 Å². The van der Waals surface area contributed by atoms with Crippen LogP contribution in [-0.2, 0) is 11.3 Å². The Balaban J connectivity index is 1.80. The minimum Gasteiger partial charge on any atom is -0.337 e. The third-order valence-electron chi connectivity index (χ3n) is 5.36. The summed E-state index contributed by atoms with van der Waals surface area (Å²) in [7, 11) is 0. The van der Waals surface area contributed by atoms with Gasteiger partial charge in [-0.2, -0.15) is 0 Å². The average molecular weight is 400 g/mol. The maximum atomic E-state index is 14.5. The molecule has 1 aliphatic rings. The van der Waals surface area contributed by atoms with Gasteiger partial charge in [-0.25, -0.2) is 9.37 Å². The molecule has 2 aromatic carbocycles. The Hall–Kier alpha value is -2.40. The van der Waals surface area contributed by atoms with Crippen LogP contribution < -0.4 is 0 Å². The van der Waals surface area contributed by atoms with Crippen LogP contribution in [0.25, 0.3) is 11.0 Å². The van der Waals surface area contributed by atoms with Crippen molar-refractivity contribution in [1.29, 1.82) is 0 Å². The summed E-state index contributed by atoms with van der Waals surface area (Å²) in [5.41, 5.74) is 1.95. The number of fused-ring (bicyclic) bond motifs is 1. The van der Waals surface area contributed by atoms with Crippen LogP contribution in [0.1, 0.15) is 44.5 Å². The Morgan fingerprint density at radius 1 is 1.18 bits per heavy atom. The number of amides is 1. The van der Waals surface area contributed by atoms with Crippen molar-refractivity contribution in [2.75, 3.05) is 6.54 Å². The zero-order valence-corrected chi connectivity index (χ0v) is 17.0. The number of para-hydroxylation sites is 2. The number of carbonyl (C=O) groups is 1. The third-order valence-corrected chi connectivity index (χ3v) is 5.72. The van der Waals surface area contributed by atoms with Crippen molar-refractivity contribution in [3.05, 3.63) is 64.7 Å². The lowest BCUT2D eigenvalue weighted by Crippen LogP contribution is -2.42. The van der Waals surface area contributed by atoms with Gasteiger partial charge >= 0.3 is 0 Å². The molecule has 1 aromatic heterocycles. The van der Waals surface area contributed by atoms with Crippen molar-refractivity contribution in [3.63, 3.8) is 0 Å². The van der Waals surface area contributed by atoms with E-state index in [9.17, 15) is 9.18 Å². The van der Waals surface area contributed by atoms with Crippen molar-refractivity contribution in [1.82, 2.24) is 14.5 Å². The molecule has 0 bridgehead atoms. The van der Waals surface area contributed by atoms with Crippen molar-refractivity contribution < 1.29 is 9.18 Å². The van der Waals surface area contributed by atoms with E-state index < -0.39 is 0 Å². The lowest BCUT2D eigenvalue weighted by Gasteiger charge is -2.32. The molecule has 3 aromatic rings. The number of aromatic nitrogens is 2. The number of carbonyl (C=O) groups excluding carboxylic acids is 1. The van der Waals surface area contributed by atoms with Crippen LogP contribution in [0.3, 0.4) is 0 Å². The van der Waals surface area contributed by atoms with E-state index >= 15 is 0 Å². The lowest BCUT2D eigenvalue weighted by molar-refractivity contribution is -0.131. The minimum absolute atomic E-state index is 0.0373. The highest BCUT2D eigenvalue weighted by Gasteiger charge is 2.39. The second-order valence-electron chi connectivity index (χ2n) is 8.32. The molecule has 4 nitrogen and oxygen atoms in total. The first kappa shape index (κ1) is 18.9. The van der Waals surface area contributed by atoms with Crippen LogP contribution in [0, 0.1) is 5.82 Å². The molecule has 6 heteroatoms. The largest absolute Gasteiger partial charge is 0.337 e. The Labute approximate surface area is 168 Å². The molecular formula is C22H23ClFN3O. The van der Waals surface area contributed by atoms with Gasteiger partial charge in [0, 0.05) is 35.0 Å². The minimum atomic E-state index is -0.338. The first-order valence-corrected chi connectivity index (χ1v) is 9.82. The maximum absolute atomic E-state index is 14.5. The van der Waals surface area contributed by atoms with E-state index in [0.29, 0.717) is 23.6 Å². The number of likely N-dealkylation sites (tertiary alicyclic amines) is 1. The van der Waals surface area contributed by atoms with E-state index in [0.717, 1.165) is 16.9 Å². The quantitative estimate of drug-likeness (QED) is 0.622. The highest BCUT2D eigenvalue weighted by Crippen LogP contribution is 2.34. The molecule has 1 saturated heterocycles. The second-order valence-corrected chi connectivity index (χ2v) is 8.73. The van der Waals surface area contributed by atoms with Gasteiger partial charge in [0.25, 0.3) is 0 Å². The summed E-state index contributed by atoms with van der Waals surface area (Å²) in [5.74, 6) is 0.556. The van der Waals surface area contributed by atoms with Crippen molar-refractivity contribution in [3.8, 4) is 0 Å². The van der Waals surface area contributed by atoms with Gasteiger partial charge in [0.1, 0.15) is 11.6 Å². The molecular weight excluding hydrogens is 377 g/mol. The Morgan fingerprint density at radius 2 is 1.93 bits per heavy atom. The summed E-state index contributed by atoms with van der Waals surface area (Å²) in [6.45, 7) is 7.00. The summed E-state index contributed by atoms with van der Waals surface area (Å²) in [5, 5.41) is 0.391. The number of rotatable bonds is 3. The molecule has 28 heavy (non-hydrogen) atoms. The summed E-state index contributed by atoms with van der Waals surface area (Å²) in [6, 6.07) is 12.5. The monoisotopic (exact) mass is 399 g/mol. The first-order chi connectivity index (χ1) is 13.3. The number of hydrogen-bond donors (Lipinski definition) is 0. The smallest absolute Gasteiger partial charge is 0.223 e. The molecule has 4 rings (SSSR count). The SMILES string of the molecule is CC(C)(C)N1C[C@H](c2nc3ccccc3n2Cc2c(F)cccc2Cl)CC1=O. The predicted octanol–water partition coefficient (Wildman–Crippen LogP) is 4.99. The van der Waals surface area contributed by atoms with Crippen LogP contribution >= 0.6 is 11.6 Å². The molecule has 0 spiro atoms. The lowest BCUT2D eigenvalue weighted by atomic mass is 10.1. The van der Waals surface area contributed by atoms with Gasteiger partial charge in [0.15, 0.2) is 0 Å². The van der Waals surface area contributed by atoms with E-state index in [1.54, 1.807) is 12.1 Å². The molecule has 1 amide bonds. The average Bonchev–Trinajstić information content (AvgIpc) is 3.19. The molecule has 0 radical (unpaired) electrons. The van der Waals surface area contributed by atoms with Gasteiger partial charge in [-0.1, -0.05) is 29.8 Å². The molecule has 0 N–H and O–H groups in total. The van der Waals surface area contributed by atoms with Crippen LogP contribution in [0.4, 0.5) is 4.39 Å². The van der Waals surface area contributed by atoms with Crippen LogP contribution in [-0.4, -0.2) is 32.4 Å². The fourth-order valence-electron chi connectivity index (χ4n) is 3.94. The van der Waals surface area contributed by atoms with Gasteiger partial charge < -0.3 is 9.47 Å². The first-order valence-electron chi connectivity index (χ1n) is 9.44. The molecule has 1 atom stereocenters. The Morgan fingerprint density at radius 3 is 2.61 bits per heavy atom. The molecule has 146 valence electrons.